The van der Waals surface area contributed by atoms with Crippen molar-refractivity contribution in [2.24, 2.45) is 5.73 Å². The van der Waals surface area contributed by atoms with E-state index < -0.39 is 35.4 Å². The zero-order valence-corrected chi connectivity index (χ0v) is 21.5. The van der Waals surface area contributed by atoms with Crippen molar-refractivity contribution in [2.75, 3.05) is 13.6 Å². The summed E-state index contributed by atoms with van der Waals surface area (Å²) >= 11 is 6.51. The summed E-state index contributed by atoms with van der Waals surface area (Å²) in [6, 6.07) is 11.9. The average Bonchev–Trinajstić information content (AvgIpc) is 3.43. The molecule has 0 bridgehead atoms. The van der Waals surface area contributed by atoms with Crippen molar-refractivity contribution in [1.82, 2.24) is 5.32 Å². The molecule has 0 saturated carbocycles. The molecule has 5 nitrogen and oxygen atoms in total. The molecule has 38 heavy (non-hydrogen) atoms. The van der Waals surface area contributed by atoms with E-state index in [9.17, 15) is 14.3 Å². The Balaban J connectivity index is 1.74. The van der Waals surface area contributed by atoms with Gasteiger partial charge in [-0.1, -0.05) is 41.9 Å². The molecular weight excluding hydrogens is 517 g/mol. The standard InChI is InChI=1S/C29H28ClF3N2O3/c1-35-28(37)18-11-17-16(12-21(32)27(17)36)26(33)24(18)23-19-14-29(9-5-6-10-34,15-7-3-2-4-8-15)38-22(19)13-20(31)25(23)30/h2-4,7-8,11,13,21,27,36H,5-6,9-10,12,14,34H2,1H3,(H,35,37). The van der Waals surface area contributed by atoms with E-state index in [4.69, 9.17) is 22.1 Å². The van der Waals surface area contributed by atoms with Gasteiger partial charge in [-0.3, -0.25) is 4.79 Å². The van der Waals surface area contributed by atoms with Gasteiger partial charge in [0, 0.05) is 42.6 Å². The predicted octanol–water partition coefficient (Wildman–Crippen LogP) is 5.53. The Hall–Kier alpha value is -3.07. The van der Waals surface area contributed by atoms with E-state index in [2.05, 4.69) is 5.32 Å². The summed E-state index contributed by atoms with van der Waals surface area (Å²) in [6.45, 7) is 0.501. The molecule has 9 heteroatoms. The Morgan fingerprint density at radius 1 is 1.18 bits per heavy atom. The first-order chi connectivity index (χ1) is 18.2. The fourth-order valence-electron chi connectivity index (χ4n) is 5.68. The Morgan fingerprint density at radius 3 is 2.61 bits per heavy atom. The molecule has 0 saturated heterocycles. The van der Waals surface area contributed by atoms with Crippen LogP contribution in [0.25, 0.3) is 11.1 Å². The van der Waals surface area contributed by atoms with E-state index in [1.807, 2.05) is 30.3 Å². The number of carbonyl (C=O) groups is 1. The van der Waals surface area contributed by atoms with Gasteiger partial charge in [0.1, 0.15) is 35.3 Å². The number of aliphatic hydroxyl groups excluding tert-OH is 1. The van der Waals surface area contributed by atoms with E-state index in [0.717, 1.165) is 18.4 Å². The first-order valence-electron chi connectivity index (χ1n) is 12.6. The highest BCUT2D eigenvalue weighted by Gasteiger charge is 2.44. The smallest absolute Gasteiger partial charge is 0.251 e. The summed E-state index contributed by atoms with van der Waals surface area (Å²) < 4.78 is 52.4. The van der Waals surface area contributed by atoms with Gasteiger partial charge in [0.25, 0.3) is 5.91 Å². The number of nitrogens with one attached hydrogen (secondary N) is 1. The molecule has 3 unspecified atom stereocenters. The highest BCUT2D eigenvalue weighted by Crippen LogP contribution is 2.52. The van der Waals surface area contributed by atoms with Gasteiger partial charge in [0.15, 0.2) is 0 Å². The zero-order chi connectivity index (χ0) is 27.2. The lowest BCUT2D eigenvalue weighted by atomic mass is 9.82. The number of aliphatic hydroxyl groups is 1. The summed E-state index contributed by atoms with van der Waals surface area (Å²) in [4.78, 5) is 12.9. The Bertz CT molecular complexity index is 1400. The molecule has 3 aromatic rings. The molecule has 1 heterocycles. The molecule has 2 aliphatic rings. The minimum absolute atomic E-state index is 0.00168. The molecule has 3 aromatic carbocycles. The van der Waals surface area contributed by atoms with Gasteiger partial charge >= 0.3 is 0 Å². The Morgan fingerprint density at radius 2 is 1.92 bits per heavy atom. The topological polar surface area (TPSA) is 84.6 Å². The lowest BCUT2D eigenvalue weighted by Crippen LogP contribution is -2.31. The fraction of sp³-hybridized carbons (Fsp3) is 0.345. The van der Waals surface area contributed by atoms with Crippen LogP contribution in [0.1, 0.15) is 58.0 Å². The minimum Gasteiger partial charge on any atom is -0.482 e. The van der Waals surface area contributed by atoms with Crippen LogP contribution in [-0.4, -0.2) is 30.8 Å². The molecule has 0 radical (unpaired) electrons. The summed E-state index contributed by atoms with van der Waals surface area (Å²) in [6.07, 6.45) is -1.38. The molecule has 4 N–H and O–H groups in total. The van der Waals surface area contributed by atoms with Crippen molar-refractivity contribution in [3.63, 3.8) is 0 Å². The van der Waals surface area contributed by atoms with Crippen molar-refractivity contribution < 1.29 is 27.8 Å². The normalized spacial score (nSPS) is 21.7. The number of alkyl halides is 1. The summed E-state index contributed by atoms with van der Waals surface area (Å²) in [5, 5.41) is 12.4. The highest BCUT2D eigenvalue weighted by molar-refractivity contribution is 6.34. The maximum atomic E-state index is 16.2. The average molecular weight is 545 g/mol. The third-order valence-electron chi connectivity index (χ3n) is 7.57. The van der Waals surface area contributed by atoms with E-state index >= 15 is 8.78 Å². The van der Waals surface area contributed by atoms with Crippen LogP contribution in [-0.2, 0) is 18.4 Å². The maximum Gasteiger partial charge on any atom is 0.251 e. The highest BCUT2D eigenvalue weighted by atomic mass is 35.5. The lowest BCUT2D eigenvalue weighted by molar-refractivity contribution is 0.0793. The number of fused-ring (bicyclic) bond motifs is 2. The molecule has 200 valence electrons. The third-order valence-corrected chi connectivity index (χ3v) is 7.94. The number of halogens is 4. The van der Waals surface area contributed by atoms with Crippen molar-refractivity contribution in [1.29, 1.82) is 0 Å². The molecule has 0 fully saturated rings. The quantitative estimate of drug-likeness (QED) is 0.341. The summed E-state index contributed by atoms with van der Waals surface area (Å²) in [5.41, 5.74) is 5.68. The van der Waals surface area contributed by atoms with Crippen LogP contribution in [0.4, 0.5) is 13.2 Å². The summed E-state index contributed by atoms with van der Waals surface area (Å²) in [5.74, 6) is -2.22. The van der Waals surface area contributed by atoms with Gasteiger partial charge in [-0.2, -0.15) is 0 Å². The Labute approximate surface area is 223 Å². The van der Waals surface area contributed by atoms with Crippen LogP contribution in [0.15, 0.2) is 42.5 Å². The zero-order valence-electron chi connectivity index (χ0n) is 20.8. The number of hydrogen-bond acceptors (Lipinski definition) is 4. The van der Waals surface area contributed by atoms with Gasteiger partial charge in [-0.05, 0) is 48.6 Å². The van der Waals surface area contributed by atoms with Gasteiger partial charge in [-0.25, -0.2) is 13.2 Å². The van der Waals surface area contributed by atoms with Crippen LogP contribution in [0.3, 0.4) is 0 Å². The second-order valence-electron chi connectivity index (χ2n) is 9.83. The van der Waals surface area contributed by atoms with Crippen molar-refractivity contribution in [3.8, 4) is 16.9 Å². The molecule has 1 aliphatic heterocycles. The predicted molar refractivity (Wildman–Crippen MR) is 139 cm³/mol. The number of nitrogens with two attached hydrogens (primary N) is 1. The molecule has 0 spiro atoms. The van der Waals surface area contributed by atoms with Gasteiger partial charge in [-0.15, -0.1) is 0 Å². The van der Waals surface area contributed by atoms with Crippen LogP contribution in [0.5, 0.6) is 5.75 Å². The largest absolute Gasteiger partial charge is 0.482 e. The lowest BCUT2D eigenvalue weighted by Gasteiger charge is -2.29. The number of benzene rings is 3. The van der Waals surface area contributed by atoms with Crippen LogP contribution in [0, 0.1) is 11.6 Å². The molecule has 1 amide bonds. The molecule has 5 rings (SSSR count). The van der Waals surface area contributed by atoms with E-state index in [1.165, 1.54) is 19.2 Å². The monoisotopic (exact) mass is 544 g/mol. The van der Waals surface area contributed by atoms with Crippen LogP contribution < -0.4 is 15.8 Å². The molecule has 3 atom stereocenters. The van der Waals surface area contributed by atoms with Crippen molar-refractivity contribution in [3.05, 3.63) is 86.9 Å². The number of amides is 1. The first kappa shape index (κ1) is 26.5. The number of unbranched alkanes of at least 4 members (excludes halogenated alkanes) is 1. The molecule has 1 aliphatic carbocycles. The third kappa shape index (κ3) is 4.25. The minimum atomic E-state index is -1.72. The number of rotatable bonds is 7. The van der Waals surface area contributed by atoms with Crippen molar-refractivity contribution >= 4 is 17.5 Å². The van der Waals surface area contributed by atoms with Crippen LogP contribution >= 0.6 is 11.6 Å². The molecular formula is C29H28ClF3N2O3. The summed E-state index contributed by atoms with van der Waals surface area (Å²) in [7, 11) is 1.37. The first-order valence-corrected chi connectivity index (χ1v) is 13.0. The van der Waals surface area contributed by atoms with E-state index in [0.29, 0.717) is 18.5 Å². The van der Waals surface area contributed by atoms with E-state index in [1.54, 1.807) is 0 Å². The van der Waals surface area contributed by atoms with Gasteiger partial charge in [0.2, 0.25) is 0 Å². The van der Waals surface area contributed by atoms with Crippen LogP contribution in [0.2, 0.25) is 5.02 Å². The second kappa shape index (κ2) is 10.2. The second-order valence-corrected chi connectivity index (χ2v) is 10.2. The fourth-order valence-corrected chi connectivity index (χ4v) is 5.95. The molecule has 0 aromatic heterocycles. The van der Waals surface area contributed by atoms with Gasteiger partial charge in [0.05, 0.1) is 10.6 Å². The maximum absolute atomic E-state index is 16.2. The number of carbonyl (C=O) groups excluding carboxylic acids is 1. The number of hydrogen-bond donors (Lipinski definition) is 3. The SMILES string of the molecule is CNC(=O)c1cc2c(c(F)c1-c1c(Cl)c(F)cc3c1CC(CCCCN)(c1ccccc1)O3)CC(F)C2O. The van der Waals surface area contributed by atoms with Gasteiger partial charge < -0.3 is 20.9 Å². The Kier molecular flexibility index (Phi) is 7.15. The van der Waals surface area contributed by atoms with E-state index in [-0.39, 0.29) is 51.4 Å². The van der Waals surface area contributed by atoms with Crippen molar-refractivity contribution in [2.45, 2.75) is 50.0 Å². The number of ether oxygens (including phenoxy) is 1.